The molecule has 37 heavy (non-hydrogen) atoms. The van der Waals surface area contributed by atoms with E-state index in [-0.39, 0.29) is 11.4 Å². The summed E-state index contributed by atoms with van der Waals surface area (Å²) in [5, 5.41) is 1.09. The monoisotopic (exact) mass is 492 g/mol. The van der Waals surface area contributed by atoms with Crippen molar-refractivity contribution in [3.63, 3.8) is 0 Å². The quantitative estimate of drug-likeness (QED) is 0.347. The number of likely N-dealkylation sites (tertiary alicyclic amines) is 2. The molecule has 0 radical (unpaired) electrons. The van der Waals surface area contributed by atoms with Crippen molar-refractivity contribution in [2.75, 3.05) is 31.1 Å². The number of aromatic nitrogens is 1. The first-order valence-electron chi connectivity index (χ1n) is 13.6. The van der Waals surface area contributed by atoms with Gasteiger partial charge in [0.25, 0.3) is 5.91 Å². The maximum absolute atomic E-state index is 13.4. The Morgan fingerprint density at radius 1 is 0.811 bits per heavy atom. The zero-order chi connectivity index (χ0) is 25.2. The molecule has 190 valence electrons. The summed E-state index contributed by atoms with van der Waals surface area (Å²) in [5.41, 5.74) is 4.41. The van der Waals surface area contributed by atoms with Gasteiger partial charge in [-0.15, -0.1) is 0 Å². The molecule has 2 fully saturated rings. The molecule has 4 aromatic rings. The van der Waals surface area contributed by atoms with Crippen LogP contribution in [0.1, 0.15) is 43.0 Å². The number of rotatable bonds is 5. The molecule has 0 aliphatic carbocycles. The number of para-hydroxylation sites is 3. The molecule has 0 saturated carbocycles. The Kier molecular flexibility index (Phi) is 6.47. The molecular formula is C32H36N4O. The number of hydrogen-bond donors (Lipinski definition) is 1. The first-order chi connectivity index (χ1) is 18.1. The summed E-state index contributed by atoms with van der Waals surface area (Å²) < 4.78 is 0. The Labute approximate surface area is 219 Å². The first-order valence-corrected chi connectivity index (χ1v) is 13.6. The molecule has 0 bridgehead atoms. The number of nitrogens with zero attached hydrogens (tertiary/aromatic N) is 3. The molecule has 1 N–H and O–H groups in total. The van der Waals surface area contributed by atoms with Gasteiger partial charge in [-0.2, -0.15) is 0 Å². The fourth-order valence-electron chi connectivity index (χ4n) is 6.35. The van der Waals surface area contributed by atoms with E-state index in [1.54, 1.807) is 0 Å². The highest BCUT2D eigenvalue weighted by Crippen LogP contribution is 2.36. The van der Waals surface area contributed by atoms with E-state index in [2.05, 4.69) is 93.3 Å². The predicted molar refractivity (Wildman–Crippen MR) is 151 cm³/mol. The van der Waals surface area contributed by atoms with Crippen LogP contribution in [0.15, 0.2) is 91.1 Å². The minimum atomic E-state index is 0.143. The Morgan fingerprint density at radius 2 is 1.43 bits per heavy atom. The lowest BCUT2D eigenvalue weighted by Crippen LogP contribution is -2.57. The molecular weight excluding hydrogens is 456 g/mol. The van der Waals surface area contributed by atoms with Gasteiger partial charge in [-0.1, -0.05) is 48.5 Å². The lowest BCUT2D eigenvalue weighted by Gasteiger charge is -2.50. The lowest BCUT2D eigenvalue weighted by atomic mass is 9.85. The second-order valence-electron chi connectivity index (χ2n) is 10.8. The van der Waals surface area contributed by atoms with Gasteiger partial charge in [-0.3, -0.25) is 9.69 Å². The van der Waals surface area contributed by atoms with Crippen LogP contribution >= 0.6 is 0 Å². The number of carbonyl (C=O) groups is 1. The van der Waals surface area contributed by atoms with Crippen LogP contribution in [0, 0.1) is 0 Å². The molecule has 5 heteroatoms. The first kappa shape index (κ1) is 23.8. The van der Waals surface area contributed by atoms with E-state index in [1.807, 2.05) is 24.4 Å². The number of H-pyrrole nitrogens is 1. The van der Waals surface area contributed by atoms with Crippen LogP contribution in [0.2, 0.25) is 0 Å². The summed E-state index contributed by atoms with van der Waals surface area (Å²) >= 11 is 0. The molecule has 1 aromatic heterocycles. The number of fused-ring (bicyclic) bond motifs is 1. The number of anilines is 2. The van der Waals surface area contributed by atoms with Crippen molar-refractivity contribution in [1.29, 1.82) is 0 Å². The Morgan fingerprint density at radius 3 is 2.05 bits per heavy atom. The van der Waals surface area contributed by atoms with Crippen LogP contribution in [0.5, 0.6) is 0 Å². The van der Waals surface area contributed by atoms with Crippen LogP contribution in [0.25, 0.3) is 10.9 Å². The average molecular weight is 493 g/mol. The largest absolute Gasteiger partial charge is 0.361 e. The Bertz CT molecular complexity index is 1290. The summed E-state index contributed by atoms with van der Waals surface area (Å²) in [5.74, 6) is 0.148. The van der Waals surface area contributed by atoms with Gasteiger partial charge < -0.3 is 14.8 Å². The van der Waals surface area contributed by atoms with E-state index in [1.165, 1.54) is 11.4 Å². The van der Waals surface area contributed by atoms with Crippen molar-refractivity contribution >= 4 is 28.2 Å². The van der Waals surface area contributed by atoms with E-state index in [4.69, 9.17) is 0 Å². The molecule has 2 aliphatic heterocycles. The summed E-state index contributed by atoms with van der Waals surface area (Å²) in [6.07, 6.45) is 6.22. The third-order valence-electron chi connectivity index (χ3n) is 8.61. The number of carbonyl (C=O) groups excluding carboxylic acids is 1. The third kappa shape index (κ3) is 4.64. The van der Waals surface area contributed by atoms with Gasteiger partial charge >= 0.3 is 0 Å². The van der Waals surface area contributed by atoms with Crippen molar-refractivity contribution in [2.24, 2.45) is 0 Å². The number of piperidine rings is 2. The molecule has 0 spiro atoms. The maximum Gasteiger partial charge on any atom is 0.255 e. The molecule has 2 aliphatic rings. The standard InChI is InChI=1S/C32H36N4O/c1-32(18-23-34(24-19-32)31(37)29-14-8-9-25-15-20-33-30(25)29)35-21-16-28(17-22-35)36(26-10-4-2-5-11-26)27-12-6-3-7-13-27/h2-15,20,28,33H,16-19,21-24H2,1H3. The normalized spacial score (nSPS) is 18.7. The van der Waals surface area contributed by atoms with Crippen molar-refractivity contribution in [3.8, 4) is 0 Å². The van der Waals surface area contributed by atoms with Crippen molar-refractivity contribution in [1.82, 2.24) is 14.8 Å². The van der Waals surface area contributed by atoms with E-state index >= 15 is 0 Å². The number of nitrogens with one attached hydrogen (secondary N) is 1. The molecule has 5 nitrogen and oxygen atoms in total. The van der Waals surface area contributed by atoms with E-state index in [9.17, 15) is 4.79 Å². The highest BCUT2D eigenvalue weighted by molar-refractivity contribution is 6.05. The molecule has 3 heterocycles. The van der Waals surface area contributed by atoms with Crippen LogP contribution in [0.4, 0.5) is 11.4 Å². The predicted octanol–water partition coefficient (Wildman–Crippen LogP) is 6.47. The average Bonchev–Trinajstić information content (AvgIpc) is 3.44. The molecule has 1 amide bonds. The smallest absolute Gasteiger partial charge is 0.255 e. The van der Waals surface area contributed by atoms with Gasteiger partial charge in [0.1, 0.15) is 0 Å². The van der Waals surface area contributed by atoms with Gasteiger partial charge in [0, 0.05) is 60.7 Å². The lowest BCUT2D eigenvalue weighted by molar-refractivity contribution is 0.0178. The van der Waals surface area contributed by atoms with E-state index in [0.717, 1.165) is 68.3 Å². The SMILES string of the molecule is CC1(N2CCC(N(c3ccccc3)c3ccccc3)CC2)CCN(C(=O)c2cccc3cc[nH]c23)CC1. The van der Waals surface area contributed by atoms with Crippen LogP contribution < -0.4 is 4.90 Å². The summed E-state index contributed by atoms with van der Waals surface area (Å²) in [4.78, 5) is 23.9. The van der Waals surface area contributed by atoms with Crippen LogP contribution in [0.3, 0.4) is 0 Å². The van der Waals surface area contributed by atoms with Crippen molar-refractivity contribution < 1.29 is 4.79 Å². The van der Waals surface area contributed by atoms with Gasteiger partial charge in [0.15, 0.2) is 0 Å². The van der Waals surface area contributed by atoms with Gasteiger partial charge in [-0.05, 0) is 69.0 Å². The Hall–Kier alpha value is -3.57. The van der Waals surface area contributed by atoms with Gasteiger partial charge in [-0.25, -0.2) is 0 Å². The van der Waals surface area contributed by atoms with Gasteiger partial charge in [0.05, 0.1) is 11.1 Å². The Balaban J connectivity index is 1.11. The summed E-state index contributed by atoms with van der Waals surface area (Å²) in [6.45, 7) is 6.21. The summed E-state index contributed by atoms with van der Waals surface area (Å²) in [6, 6.07) is 30.1. The number of aromatic amines is 1. The highest BCUT2D eigenvalue weighted by Gasteiger charge is 2.39. The molecule has 3 aromatic carbocycles. The fraction of sp³-hybridized carbons (Fsp3) is 0.344. The molecule has 0 unspecified atom stereocenters. The molecule has 2 saturated heterocycles. The van der Waals surface area contributed by atoms with E-state index in [0.29, 0.717) is 6.04 Å². The third-order valence-corrected chi connectivity index (χ3v) is 8.61. The highest BCUT2D eigenvalue weighted by atomic mass is 16.2. The van der Waals surface area contributed by atoms with Crippen LogP contribution in [-0.4, -0.2) is 58.5 Å². The van der Waals surface area contributed by atoms with Gasteiger partial charge in [0.2, 0.25) is 0 Å². The van der Waals surface area contributed by atoms with Crippen molar-refractivity contribution in [2.45, 2.75) is 44.2 Å². The summed E-state index contributed by atoms with van der Waals surface area (Å²) in [7, 11) is 0. The number of hydrogen-bond acceptors (Lipinski definition) is 3. The molecule has 6 rings (SSSR count). The topological polar surface area (TPSA) is 42.6 Å². The zero-order valence-electron chi connectivity index (χ0n) is 21.6. The maximum atomic E-state index is 13.4. The molecule has 0 atom stereocenters. The van der Waals surface area contributed by atoms with Crippen molar-refractivity contribution in [3.05, 3.63) is 96.7 Å². The minimum absolute atomic E-state index is 0.143. The number of benzene rings is 3. The zero-order valence-corrected chi connectivity index (χ0v) is 21.6. The number of amides is 1. The fourth-order valence-corrected chi connectivity index (χ4v) is 6.35. The van der Waals surface area contributed by atoms with Crippen LogP contribution in [-0.2, 0) is 0 Å². The van der Waals surface area contributed by atoms with E-state index < -0.39 is 0 Å². The second kappa shape index (κ2) is 10.1. The second-order valence-corrected chi connectivity index (χ2v) is 10.8. The minimum Gasteiger partial charge on any atom is -0.361 e.